The van der Waals surface area contributed by atoms with E-state index >= 15 is 0 Å². The molecule has 0 spiro atoms. The normalized spacial score (nSPS) is 14.0. The second kappa shape index (κ2) is 7.99. The molecule has 7 nitrogen and oxygen atoms in total. The molecule has 1 aliphatic heterocycles. The van der Waals surface area contributed by atoms with E-state index in [0.717, 1.165) is 17.1 Å². The van der Waals surface area contributed by atoms with Gasteiger partial charge in [0, 0.05) is 49.8 Å². The highest BCUT2D eigenvalue weighted by molar-refractivity contribution is 5.89. The van der Waals surface area contributed by atoms with Crippen LogP contribution in [0.3, 0.4) is 0 Å². The number of piperazine rings is 1. The van der Waals surface area contributed by atoms with E-state index in [4.69, 9.17) is 0 Å². The van der Waals surface area contributed by atoms with Gasteiger partial charge in [-0.2, -0.15) is 0 Å². The van der Waals surface area contributed by atoms with Crippen molar-refractivity contribution in [1.82, 2.24) is 20.1 Å². The molecular formula is C20H19FN6O. The Hall–Kier alpha value is -3.55. The van der Waals surface area contributed by atoms with Crippen LogP contribution < -0.4 is 10.2 Å². The van der Waals surface area contributed by atoms with E-state index in [9.17, 15) is 9.18 Å². The van der Waals surface area contributed by atoms with Crippen LogP contribution in [0.4, 0.5) is 20.7 Å². The lowest BCUT2D eigenvalue weighted by Crippen LogP contribution is -2.50. The third kappa shape index (κ3) is 4.06. The van der Waals surface area contributed by atoms with Crippen LogP contribution in [0.15, 0.2) is 60.9 Å². The molecule has 28 heavy (non-hydrogen) atoms. The van der Waals surface area contributed by atoms with Gasteiger partial charge in [-0.15, -0.1) is 10.2 Å². The number of amides is 2. The zero-order valence-corrected chi connectivity index (χ0v) is 15.1. The minimum atomic E-state index is -0.378. The summed E-state index contributed by atoms with van der Waals surface area (Å²) in [6, 6.07) is 13.3. The number of carbonyl (C=O) groups is 1. The van der Waals surface area contributed by atoms with E-state index in [1.165, 1.54) is 12.1 Å². The molecule has 2 amide bonds. The third-order valence-electron chi connectivity index (χ3n) is 4.59. The van der Waals surface area contributed by atoms with Crippen molar-refractivity contribution in [2.75, 3.05) is 36.4 Å². The van der Waals surface area contributed by atoms with Gasteiger partial charge < -0.3 is 15.1 Å². The van der Waals surface area contributed by atoms with Crippen LogP contribution >= 0.6 is 0 Å². The van der Waals surface area contributed by atoms with E-state index < -0.39 is 0 Å². The lowest BCUT2D eigenvalue weighted by molar-refractivity contribution is 0.208. The van der Waals surface area contributed by atoms with Gasteiger partial charge >= 0.3 is 6.03 Å². The van der Waals surface area contributed by atoms with Gasteiger partial charge in [0.15, 0.2) is 5.82 Å². The second-order valence-electron chi connectivity index (χ2n) is 6.43. The van der Waals surface area contributed by atoms with Gasteiger partial charge in [-0.05, 0) is 42.5 Å². The van der Waals surface area contributed by atoms with Crippen LogP contribution in [0.2, 0.25) is 0 Å². The monoisotopic (exact) mass is 378 g/mol. The lowest BCUT2D eigenvalue weighted by Gasteiger charge is -2.35. The van der Waals surface area contributed by atoms with E-state index in [2.05, 4.69) is 25.4 Å². The molecule has 0 bridgehead atoms. The quantitative estimate of drug-likeness (QED) is 0.758. The molecule has 4 rings (SSSR count). The Morgan fingerprint density at radius 2 is 1.75 bits per heavy atom. The molecule has 1 N–H and O–H groups in total. The Morgan fingerprint density at radius 1 is 0.964 bits per heavy atom. The number of benzene rings is 1. The highest BCUT2D eigenvalue weighted by Crippen LogP contribution is 2.19. The number of rotatable bonds is 3. The molecule has 0 atom stereocenters. The highest BCUT2D eigenvalue weighted by Gasteiger charge is 2.22. The minimum Gasteiger partial charge on any atom is -0.352 e. The van der Waals surface area contributed by atoms with Gasteiger partial charge in [-0.1, -0.05) is 6.07 Å². The summed E-state index contributed by atoms with van der Waals surface area (Å²) in [7, 11) is 0. The number of nitrogens with zero attached hydrogens (tertiary/aromatic N) is 5. The molecular weight excluding hydrogens is 359 g/mol. The van der Waals surface area contributed by atoms with E-state index in [1.807, 2.05) is 24.3 Å². The number of urea groups is 1. The van der Waals surface area contributed by atoms with Crippen LogP contribution in [0.5, 0.6) is 0 Å². The molecule has 0 aliphatic carbocycles. The van der Waals surface area contributed by atoms with Gasteiger partial charge in [-0.3, -0.25) is 4.98 Å². The van der Waals surface area contributed by atoms with Gasteiger partial charge in [0.25, 0.3) is 0 Å². The molecule has 8 heteroatoms. The fourth-order valence-corrected chi connectivity index (χ4v) is 3.08. The first-order chi connectivity index (χ1) is 13.7. The Kier molecular flexibility index (Phi) is 5.09. The maximum atomic E-state index is 13.2. The molecule has 1 aliphatic rings. The molecule has 1 saturated heterocycles. The average molecular weight is 378 g/mol. The van der Waals surface area contributed by atoms with Gasteiger partial charge in [0.1, 0.15) is 5.82 Å². The summed E-state index contributed by atoms with van der Waals surface area (Å²) in [6.45, 7) is 2.41. The number of pyridine rings is 1. The predicted molar refractivity (Wildman–Crippen MR) is 104 cm³/mol. The number of halogens is 1. The maximum absolute atomic E-state index is 13.2. The largest absolute Gasteiger partial charge is 0.352 e. The Balaban J connectivity index is 1.34. The summed E-state index contributed by atoms with van der Waals surface area (Å²) in [5.74, 6) is 0.402. The number of aromatic nitrogens is 3. The smallest absolute Gasteiger partial charge is 0.321 e. The third-order valence-corrected chi connectivity index (χ3v) is 4.59. The van der Waals surface area contributed by atoms with Crippen molar-refractivity contribution >= 4 is 17.5 Å². The minimum absolute atomic E-state index is 0.232. The van der Waals surface area contributed by atoms with Crippen molar-refractivity contribution in [3.05, 3.63) is 66.7 Å². The zero-order chi connectivity index (χ0) is 19.3. The molecule has 2 aromatic heterocycles. The SMILES string of the molecule is O=C(Nc1cccc(F)c1)N1CCN(c2ccc(-c3ccncc3)nn2)CC1. The number of hydrogen-bond acceptors (Lipinski definition) is 5. The van der Waals surface area contributed by atoms with Gasteiger partial charge in [-0.25, -0.2) is 9.18 Å². The van der Waals surface area contributed by atoms with Crippen LogP contribution in [0.25, 0.3) is 11.3 Å². The summed E-state index contributed by atoms with van der Waals surface area (Å²) >= 11 is 0. The number of hydrogen-bond donors (Lipinski definition) is 1. The highest BCUT2D eigenvalue weighted by atomic mass is 19.1. The molecule has 0 radical (unpaired) electrons. The van der Waals surface area contributed by atoms with Crippen LogP contribution in [0.1, 0.15) is 0 Å². The van der Waals surface area contributed by atoms with Crippen molar-refractivity contribution in [1.29, 1.82) is 0 Å². The van der Waals surface area contributed by atoms with Gasteiger partial charge in [0.2, 0.25) is 0 Å². The average Bonchev–Trinajstić information content (AvgIpc) is 2.75. The van der Waals surface area contributed by atoms with Crippen molar-refractivity contribution in [2.24, 2.45) is 0 Å². The molecule has 1 fully saturated rings. The predicted octanol–water partition coefficient (Wildman–Crippen LogP) is 3.03. The first-order valence-electron chi connectivity index (χ1n) is 8.99. The van der Waals surface area contributed by atoms with E-state index in [0.29, 0.717) is 31.9 Å². The van der Waals surface area contributed by atoms with Crippen LogP contribution in [0, 0.1) is 5.82 Å². The summed E-state index contributed by atoms with van der Waals surface area (Å²) in [4.78, 5) is 20.2. The summed E-state index contributed by atoms with van der Waals surface area (Å²) in [5, 5.41) is 11.3. The first kappa shape index (κ1) is 17.8. The molecule has 142 valence electrons. The fraction of sp³-hybridized carbons (Fsp3) is 0.200. The lowest BCUT2D eigenvalue weighted by atomic mass is 10.2. The number of anilines is 2. The summed E-state index contributed by atoms with van der Waals surface area (Å²) in [6.07, 6.45) is 3.44. The molecule has 0 saturated carbocycles. The van der Waals surface area contributed by atoms with E-state index in [-0.39, 0.29) is 11.8 Å². The molecule has 1 aromatic carbocycles. The Labute approximate surface area is 161 Å². The summed E-state index contributed by atoms with van der Waals surface area (Å²) in [5.41, 5.74) is 2.21. The Morgan fingerprint density at radius 3 is 2.43 bits per heavy atom. The number of nitrogens with one attached hydrogen (secondary N) is 1. The van der Waals surface area contributed by atoms with Crippen LogP contribution in [-0.2, 0) is 0 Å². The zero-order valence-electron chi connectivity index (χ0n) is 15.1. The standard InChI is InChI=1S/C20H19FN6O/c21-16-2-1-3-17(14-16)23-20(28)27-12-10-26(11-13-27)19-5-4-18(24-25-19)15-6-8-22-9-7-15/h1-9,14H,10-13H2,(H,23,28). The van der Waals surface area contributed by atoms with Crippen molar-refractivity contribution < 1.29 is 9.18 Å². The molecule has 3 heterocycles. The van der Waals surface area contributed by atoms with Crippen molar-refractivity contribution in [2.45, 2.75) is 0 Å². The second-order valence-corrected chi connectivity index (χ2v) is 6.43. The molecule has 3 aromatic rings. The topological polar surface area (TPSA) is 74.2 Å². The fourth-order valence-electron chi connectivity index (χ4n) is 3.08. The van der Waals surface area contributed by atoms with E-state index in [1.54, 1.807) is 29.4 Å². The molecule has 0 unspecified atom stereocenters. The van der Waals surface area contributed by atoms with Crippen molar-refractivity contribution in [3.63, 3.8) is 0 Å². The summed E-state index contributed by atoms with van der Waals surface area (Å²) < 4.78 is 13.2. The Bertz CT molecular complexity index is 942. The van der Waals surface area contributed by atoms with Crippen molar-refractivity contribution in [3.8, 4) is 11.3 Å². The first-order valence-corrected chi connectivity index (χ1v) is 8.99. The van der Waals surface area contributed by atoms with Crippen LogP contribution in [-0.4, -0.2) is 52.3 Å². The maximum Gasteiger partial charge on any atom is 0.321 e. The van der Waals surface area contributed by atoms with Gasteiger partial charge in [0.05, 0.1) is 5.69 Å². The number of carbonyl (C=O) groups excluding carboxylic acids is 1.